The first-order chi connectivity index (χ1) is 23.1. The van der Waals surface area contributed by atoms with Gasteiger partial charge in [0.2, 0.25) is 11.8 Å². The highest BCUT2D eigenvalue weighted by molar-refractivity contribution is 6.01. The van der Waals surface area contributed by atoms with E-state index in [9.17, 15) is 19.2 Å². The third-order valence-electron chi connectivity index (χ3n) is 8.25. The zero-order valence-electron chi connectivity index (χ0n) is 27.6. The van der Waals surface area contributed by atoms with E-state index in [1.165, 1.54) is 0 Å². The molecule has 0 fully saturated rings. The molecule has 1 aliphatic heterocycles. The Hall–Kier alpha value is -5.44. The van der Waals surface area contributed by atoms with E-state index in [-0.39, 0.29) is 30.7 Å². The van der Waals surface area contributed by atoms with Crippen molar-refractivity contribution in [3.05, 3.63) is 125 Å². The lowest BCUT2D eigenvalue weighted by atomic mass is 9.98. The van der Waals surface area contributed by atoms with Crippen molar-refractivity contribution >= 4 is 29.5 Å². The molecule has 0 bridgehead atoms. The third kappa shape index (κ3) is 8.67. The summed E-state index contributed by atoms with van der Waals surface area (Å²) in [5.41, 5.74) is 5.02. The molecule has 0 radical (unpaired) electrons. The molecule has 248 valence electrons. The molecular weight excluding hydrogens is 604 g/mol. The van der Waals surface area contributed by atoms with Gasteiger partial charge < -0.3 is 25.6 Å². The minimum atomic E-state index is -0.911. The number of anilines is 1. The Labute approximate surface area is 281 Å². The summed E-state index contributed by atoms with van der Waals surface area (Å²) in [4.78, 5) is 54.2. The smallest absolute Gasteiger partial charge is 0.407 e. The summed E-state index contributed by atoms with van der Waals surface area (Å²) in [5.74, 6) is -0.672. The van der Waals surface area contributed by atoms with Crippen molar-refractivity contribution in [2.45, 2.75) is 64.8 Å². The van der Waals surface area contributed by atoms with E-state index in [1.807, 2.05) is 110 Å². The zero-order chi connectivity index (χ0) is 34.1. The van der Waals surface area contributed by atoms with Gasteiger partial charge in [-0.15, -0.1) is 0 Å². The molecule has 1 aliphatic rings. The van der Waals surface area contributed by atoms with Crippen LogP contribution in [0.1, 0.15) is 60.7 Å². The molecule has 9 nitrogen and oxygen atoms in total. The van der Waals surface area contributed by atoms with Crippen LogP contribution in [-0.2, 0) is 33.9 Å². The minimum absolute atomic E-state index is 0.0383. The highest BCUT2D eigenvalue weighted by Gasteiger charge is 2.33. The van der Waals surface area contributed by atoms with E-state index < -0.39 is 17.7 Å². The summed E-state index contributed by atoms with van der Waals surface area (Å²) in [6.45, 7) is 6.34. The summed E-state index contributed by atoms with van der Waals surface area (Å²) in [7, 11) is 0. The number of alkyl carbamates (subject to hydrolysis) is 1. The van der Waals surface area contributed by atoms with Crippen molar-refractivity contribution in [3.63, 3.8) is 0 Å². The van der Waals surface area contributed by atoms with Gasteiger partial charge in [-0.05, 0) is 73.6 Å². The van der Waals surface area contributed by atoms with Crippen LogP contribution in [0.3, 0.4) is 0 Å². The molecule has 4 aromatic carbocycles. The fourth-order valence-corrected chi connectivity index (χ4v) is 5.90. The number of carbonyl (C=O) groups excluding carboxylic acids is 4. The van der Waals surface area contributed by atoms with Crippen molar-refractivity contribution in [2.24, 2.45) is 0 Å². The van der Waals surface area contributed by atoms with Gasteiger partial charge in [0, 0.05) is 29.8 Å². The van der Waals surface area contributed by atoms with E-state index in [2.05, 4.69) is 16.0 Å². The largest absolute Gasteiger partial charge is 0.445 e. The summed E-state index contributed by atoms with van der Waals surface area (Å²) in [6.07, 6.45) is 0.402. The first-order valence-electron chi connectivity index (χ1n) is 16.3. The van der Waals surface area contributed by atoms with Gasteiger partial charge in [0.05, 0.1) is 6.54 Å². The van der Waals surface area contributed by atoms with Crippen LogP contribution in [0.2, 0.25) is 0 Å². The molecule has 0 saturated carbocycles. The summed E-state index contributed by atoms with van der Waals surface area (Å²) < 4.78 is 5.33. The van der Waals surface area contributed by atoms with E-state index >= 15 is 0 Å². The predicted molar refractivity (Wildman–Crippen MR) is 186 cm³/mol. The molecule has 48 heavy (non-hydrogen) atoms. The Morgan fingerprint density at radius 1 is 0.854 bits per heavy atom. The van der Waals surface area contributed by atoms with E-state index in [1.54, 1.807) is 18.7 Å². The highest BCUT2D eigenvalue weighted by Crippen LogP contribution is 2.30. The predicted octanol–water partition coefficient (Wildman–Crippen LogP) is 6.16. The minimum Gasteiger partial charge on any atom is -0.445 e. The molecule has 0 saturated heterocycles. The second-order valence-corrected chi connectivity index (χ2v) is 12.6. The molecule has 0 unspecified atom stereocenters. The fourth-order valence-electron chi connectivity index (χ4n) is 5.90. The van der Waals surface area contributed by atoms with E-state index in [0.717, 1.165) is 33.5 Å². The van der Waals surface area contributed by atoms with Crippen LogP contribution in [0.5, 0.6) is 0 Å². The summed E-state index contributed by atoms with van der Waals surface area (Å²) in [6, 6.07) is 31.7. The quantitative estimate of drug-likeness (QED) is 0.180. The molecule has 0 spiro atoms. The van der Waals surface area contributed by atoms with Crippen molar-refractivity contribution in [1.29, 1.82) is 0 Å². The number of ether oxygens (including phenoxy) is 1. The maximum atomic E-state index is 14.1. The molecule has 1 heterocycles. The summed E-state index contributed by atoms with van der Waals surface area (Å²) >= 11 is 0. The van der Waals surface area contributed by atoms with Crippen molar-refractivity contribution in [2.75, 3.05) is 11.4 Å². The van der Waals surface area contributed by atoms with Crippen LogP contribution in [0.25, 0.3) is 11.1 Å². The molecule has 5 rings (SSSR count). The number of rotatable bonds is 11. The monoisotopic (exact) mass is 646 g/mol. The van der Waals surface area contributed by atoms with Crippen molar-refractivity contribution in [3.8, 4) is 11.1 Å². The third-order valence-corrected chi connectivity index (χ3v) is 8.25. The maximum Gasteiger partial charge on any atom is 0.407 e. The van der Waals surface area contributed by atoms with Crippen LogP contribution in [-0.4, -0.2) is 41.9 Å². The van der Waals surface area contributed by atoms with Gasteiger partial charge >= 0.3 is 6.09 Å². The van der Waals surface area contributed by atoms with Gasteiger partial charge in [-0.2, -0.15) is 0 Å². The Balaban J connectivity index is 1.26. The van der Waals surface area contributed by atoms with E-state index in [4.69, 9.17) is 4.74 Å². The Morgan fingerprint density at radius 3 is 2.29 bits per heavy atom. The Bertz CT molecular complexity index is 1750. The number of aryl methyl sites for hydroxylation is 1. The fraction of sp³-hybridized carbons (Fsp3) is 0.282. The number of amides is 4. The lowest BCUT2D eigenvalue weighted by molar-refractivity contribution is -0.128. The van der Waals surface area contributed by atoms with Gasteiger partial charge in [-0.1, -0.05) is 91.0 Å². The molecule has 0 aliphatic carbocycles. The topological polar surface area (TPSA) is 117 Å². The average molecular weight is 647 g/mol. The first kappa shape index (κ1) is 33.9. The van der Waals surface area contributed by atoms with Crippen LogP contribution in [0.15, 0.2) is 103 Å². The average Bonchev–Trinajstić information content (AvgIpc) is 3.20. The van der Waals surface area contributed by atoms with Crippen LogP contribution in [0.4, 0.5) is 10.5 Å². The maximum absolute atomic E-state index is 14.1. The van der Waals surface area contributed by atoms with Gasteiger partial charge in [-0.25, -0.2) is 4.79 Å². The highest BCUT2D eigenvalue weighted by atomic mass is 16.5. The number of hydrogen-bond donors (Lipinski definition) is 3. The standard InChI is InChI=1S/C39H42N4O5/c1-4-40-36(45)32-16-10-9-15-31(32)29-20-18-27(19-21-29)25-43-34-17-11-8-14-30(34)22-23-33(37(43)46)41-35(44)24-39(2,3)42-38(47)48-26-28-12-6-5-7-13-28/h5-21,33H,4,22-26H2,1-3H3,(H,40,45)(H,41,44)(H,42,47)/t33-/m1/s1. The van der Waals surface area contributed by atoms with Gasteiger partial charge in [-0.3, -0.25) is 14.4 Å². The SMILES string of the molecule is CCNC(=O)c1ccccc1-c1ccc(CN2C(=O)[C@H](NC(=O)CC(C)(C)NC(=O)OCc3ccccc3)CCc3ccccc32)cc1. The number of hydrogen-bond acceptors (Lipinski definition) is 5. The number of nitrogens with one attached hydrogen (secondary N) is 3. The van der Waals surface area contributed by atoms with E-state index in [0.29, 0.717) is 31.5 Å². The molecule has 4 amide bonds. The number of benzene rings is 4. The number of carbonyl (C=O) groups is 4. The number of para-hydroxylation sites is 1. The number of fused-ring (bicyclic) bond motifs is 1. The molecule has 4 aromatic rings. The normalized spacial score (nSPS) is 14.4. The molecule has 1 atom stereocenters. The van der Waals surface area contributed by atoms with Crippen molar-refractivity contribution < 1.29 is 23.9 Å². The Morgan fingerprint density at radius 2 is 1.54 bits per heavy atom. The first-order valence-corrected chi connectivity index (χ1v) is 16.3. The molecular formula is C39H42N4O5. The Kier molecular flexibility index (Phi) is 10.9. The van der Waals surface area contributed by atoms with Gasteiger partial charge in [0.15, 0.2) is 0 Å². The lowest BCUT2D eigenvalue weighted by Gasteiger charge is -2.28. The van der Waals surface area contributed by atoms with Crippen molar-refractivity contribution in [1.82, 2.24) is 16.0 Å². The zero-order valence-corrected chi connectivity index (χ0v) is 27.6. The van der Waals surface area contributed by atoms with Gasteiger partial charge in [0.25, 0.3) is 5.91 Å². The second kappa shape index (κ2) is 15.4. The van der Waals surface area contributed by atoms with Gasteiger partial charge in [0.1, 0.15) is 12.6 Å². The second-order valence-electron chi connectivity index (χ2n) is 12.6. The molecule has 9 heteroatoms. The van der Waals surface area contributed by atoms with Crippen LogP contribution in [0, 0.1) is 0 Å². The lowest BCUT2D eigenvalue weighted by Crippen LogP contribution is -2.51. The molecule has 3 N–H and O–H groups in total. The summed E-state index contributed by atoms with van der Waals surface area (Å²) in [5, 5.41) is 8.58. The van der Waals surface area contributed by atoms with Crippen LogP contribution < -0.4 is 20.9 Å². The van der Waals surface area contributed by atoms with Crippen LogP contribution >= 0.6 is 0 Å². The molecule has 0 aromatic heterocycles. The number of nitrogens with zero attached hydrogens (tertiary/aromatic N) is 1.